The molecule has 5 heteroatoms. The molecule has 0 amide bonds. The summed E-state index contributed by atoms with van der Waals surface area (Å²) in [6.07, 6.45) is 0.743. The standard InChI is InChI=1S/C7H12BrN3O/c1-9-4-3-5-6(8)11(2)10-7(5)12/h9H,3-4H2,1-2H3,(H,10,12). The molecule has 0 saturated carbocycles. The van der Waals surface area contributed by atoms with E-state index >= 15 is 0 Å². The first-order valence-electron chi connectivity index (χ1n) is 3.74. The third-order valence-corrected chi connectivity index (χ3v) is 2.72. The van der Waals surface area contributed by atoms with Crippen molar-refractivity contribution in [3.05, 3.63) is 20.5 Å². The van der Waals surface area contributed by atoms with Gasteiger partial charge in [-0.25, -0.2) is 0 Å². The van der Waals surface area contributed by atoms with Crippen LogP contribution in [-0.2, 0) is 13.5 Å². The van der Waals surface area contributed by atoms with Gasteiger partial charge in [0.05, 0.1) is 5.56 Å². The summed E-state index contributed by atoms with van der Waals surface area (Å²) in [5, 5.41) is 5.67. The lowest BCUT2D eigenvalue weighted by atomic mass is 10.2. The summed E-state index contributed by atoms with van der Waals surface area (Å²) in [6.45, 7) is 0.811. The Morgan fingerprint density at radius 2 is 2.33 bits per heavy atom. The van der Waals surface area contributed by atoms with E-state index in [4.69, 9.17) is 0 Å². The number of rotatable bonds is 3. The molecule has 0 atom stereocenters. The van der Waals surface area contributed by atoms with Crippen molar-refractivity contribution in [2.24, 2.45) is 7.05 Å². The topological polar surface area (TPSA) is 49.8 Å². The van der Waals surface area contributed by atoms with Gasteiger partial charge in [-0.2, -0.15) is 0 Å². The highest BCUT2D eigenvalue weighted by atomic mass is 79.9. The molecular formula is C7H12BrN3O. The molecule has 1 aromatic rings. The van der Waals surface area contributed by atoms with Crippen LogP contribution in [0.1, 0.15) is 5.56 Å². The average Bonchev–Trinajstić information content (AvgIpc) is 2.25. The zero-order valence-electron chi connectivity index (χ0n) is 7.15. The lowest BCUT2D eigenvalue weighted by molar-refractivity contribution is 0.737. The Morgan fingerprint density at radius 3 is 2.75 bits per heavy atom. The fourth-order valence-corrected chi connectivity index (χ4v) is 1.50. The highest BCUT2D eigenvalue weighted by Gasteiger charge is 2.08. The van der Waals surface area contributed by atoms with Crippen LogP contribution < -0.4 is 10.9 Å². The largest absolute Gasteiger partial charge is 0.319 e. The maximum atomic E-state index is 11.2. The molecular weight excluding hydrogens is 222 g/mol. The summed E-state index contributed by atoms with van der Waals surface area (Å²) in [4.78, 5) is 11.2. The van der Waals surface area contributed by atoms with E-state index in [-0.39, 0.29) is 5.56 Å². The third kappa shape index (κ3) is 1.78. The Morgan fingerprint density at radius 1 is 1.67 bits per heavy atom. The second-order valence-electron chi connectivity index (χ2n) is 2.62. The number of hydrogen-bond donors (Lipinski definition) is 2. The average molecular weight is 234 g/mol. The first-order valence-corrected chi connectivity index (χ1v) is 4.54. The van der Waals surface area contributed by atoms with Gasteiger partial charge in [0, 0.05) is 7.05 Å². The molecule has 0 aromatic carbocycles. The van der Waals surface area contributed by atoms with Crippen molar-refractivity contribution in [1.29, 1.82) is 0 Å². The maximum Gasteiger partial charge on any atom is 0.268 e. The van der Waals surface area contributed by atoms with Crippen LogP contribution in [0.25, 0.3) is 0 Å². The summed E-state index contributed by atoms with van der Waals surface area (Å²) in [5.74, 6) is 0. The van der Waals surface area contributed by atoms with Crippen molar-refractivity contribution in [3.63, 3.8) is 0 Å². The molecule has 0 aliphatic carbocycles. The summed E-state index contributed by atoms with van der Waals surface area (Å²) >= 11 is 3.34. The van der Waals surface area contributed by atoms with Gasteiger partial charge < -0.3 is 5.32 Å². The highest BCUT2D eigenvalue weighted by Crippen LogP contribution is 2.10. The van der Waals surface area contributed by atoms with Crippen LogP contribution in [0.2, 0.25) is 0 Å². The van der Waals surface area contributed by atoms with Gasteiger partial charge in [-0.05, 0) is 35.9 Å². The quantitative estimate of drug-likeness (QED) is 0.786. The van der Waals surface area contributed by atoms with E-state index in [2.05, 4.69) is 26.3 Å². The Labute approximate surface area is 79.1 Å². The van der Waals surface area contributed by atoms with Crippen LogP contribution in [0.4, 0.5) is 0 Å². The Hall–Kier alpha value is -0.550. The van der Waals surface area contributed by atoms with Crippen molar-refractivity contribution in [1.82, 2.24) is 15.1 Å². The lowest BCUT2D eigenvalue weighted by Crippen LogP contribution is -2.15. The van der Waals surface area contributed by atoms with Crippen molar-refractivity contribution in [3.8, 4) is 0 Å². The Balaban J connectivity index is 2.90. The van der Waals surface area contributed by atoms with Gasteiger partial charge in [-0.3, -0.25) is 14.6 Å². The SMILES string of the molecule is CNCCc1c(Br)n(C)[nH]c1=O. The molecule has 0 spiro atoms. The van der Waals surface area contributed by atoms with Crippen LogP contribution in [0.5, 0.6) is 0 Å². The van der Waals surface area contributed by atoms with Gasteiger partial charge in [-0.15, -0.1) is 0 Å². The van der Waals surface area contributed by atoms with Crippen LogP contribution in [0.15, 0.2) is 9.40 Å². The molecule has 0 aliphatic rings. The first kappa shape index (κ1) is 9.54. The predicted octanol–water partition coefficient (Wildman–Crippen LogP) is 0.238. The molecule has 68 valence electrons. The molecule has 0 aliphatic heterocycles. The summed E-state index contributed by atoms with van der Waals surface area (Å²) in [7, 11) is 3.67. The fourth-order valence-electron chi connectivity index (χ4n) is 1.03. The smallest absolute Gasteiger partial charge is 0.268 e. The molecule has 0 fully saturated rings. The molecule has 2 N–H and O–H groups in total. The second-order valence-corrected chi connectivity index (χ2v) is 3.37. The number of hydrogen-bond acceptors (Lipinski definition) is 2. The first-order chi connectivity index (χ1) is 5.66. The van der Waals surface area contributed by atoms with E-state index in [1.807, 2.05) is 7.05 Å². The number of aromatic nitrogens is 2. The maximum absolute atomic E-state index is 11.2. The number of aromatic amines is 1. The van der Waals surface area contributed by atoms with E-state index in [9.17, 15) is 4.79 Å². The van der Waals surface area contributed by atoms with Crippen molar-refractivity contribution in [2.45, 2.75) is 6.42 Å². The van der Waals surface area contributed by atoms with Crippen LogP contribution >= 0.6 is 15.9 Å². The van der Waals surface area contributed by atoms with Gasteiger partial charge in [0.2, 0.25) is 0 Å². The Bertz CT molecular complexity index is 315. The molecule has 0 saturated heterocycles. The van der Waals surface area contributed by atoms with Crippen molar-refractivity contribution >= 4 is 15.9 Å². The molecule has 12 heavy (non-hydrogen) atoms. The minimum Gasteiger partial charge on any atom is -0.319 e. The minimum atomic E-state index is -0.0142. The lowest BCUT2D eigenvalue weighted by Gasteiger charge is -1.96. The number of likely N-dealkylation sites (N-methyl/N-ethyl adjacent to an activating group) is 1. The third-order valence-electron chi connectivity index (χ3n) is 1.71. The van der Waals surface area contributed by atoms with E-state index in [0.29, 0.717) is 0 Å². The second kappa shape index (κ2) is 3.91. The number of H-pyrrole nitrogens is 1. The zero-order valence-corrected chi connectivity index (χ0v) is 8.73. The van der Waals surface area contributed by atoms with E-state index in [1.165, 1.54) is 0 Å². The minimum absolute atomic E-state index is 0.0142. The van der Waals surface area contributed by atoms with E-state index in [1.54, 1.807) is 11.7 Å². The van der Waals surface area contributed by atoms with Gasteiger partial charge in [0.15, 0.2) is 0 Å². The summed E-state index contributed by atoms with van der Waals surface area (Å²) < 4.78 is 2.51. The molecule has 1 rings (SSSR count). The monoisotopic (exact) mass is 233 g/mol. The zero-order chi connectivity index (χ0) is 9.14. The van der Waals surface area contributed by atoms with E-state index < -0.39 is 0 Å². The van der Waals surface area contributed by atoms with Gasteiger partial charge >= 0.3 is 0 Å². The van der Waals surface area contributed by atoms with Crippen LogP contribution in [0.3, 0.4) is 0 Å². The van der Waals surface area contributed by atoms with E-state index in [0.717, 1.165) is 23.1 Å². The molecule has 0 radical (unpaired) electrons. The Kier molecular flexibility index (Phi) is 3.11. The molecule has 1 aromatic heterocycles. The van der Waals surface area contributed by atoms with Crippen molar-refractivity contribution in [2.75, 3.05) is 13.6 Å². The number of aryl methyl sites for hydroxylation is 1. The number of nitrogens with one attached hydrogen (secondary N) is 2. The fraction of sp³-hybridized carbons (Fsp3) is 0.571. The van der Waals surface area contributed by atoms with Gasteiger partial charge in [0.25, 0.3) is 5.56 Å². The molecule has 4 nitrogen and oxygen atoms in total. The summed E-state index contributed by atoms with van der Waals surface area (Å²) in [6, 6.07) is 0. The molecule has 0 unspecified atom stereocenters. The predicted molar refractivity (Wildman–Crippen MR) is 51.4 cm³/mol. The summed E-state index contributed by atoms with van der Waals surface area (Å²) in [5.41, 5.74) is 0.784. The van der Waals surface area contributed by atoms with Gasteiger partial charge in [-0.1, -0.05) is 0 Å². The van der Waals surface area contributed by atoms with Crippen LogP contribution in [-0.4, -0.2) is 23.4 Å². The normalized spacial score (nSPS) is 10.6. The van der Waals surface area contributed by atoms with Gasteiger partial charge in [0.1, 0.15) is 4.60 Å². The highest BCUT2D eigenvalue weighted by molar-refractivity contribution is 9.10. The van der Waals surface area contributed by atoms with Crippen molar-refractivity contribution < 1.29 is 0 Å². The van der Waals surface area contributed by atoms with Crippen LogP contribution in [0, 0.1) is 0 Å². The number of halogens is 1. The number of nitrogens with zero attached hydrogens (tertiary/aromatic N) is 1. The molecule has 0 bridgehead atoms. The molecule has 1 heterocycles.